The van der Waals surface area contributed by atoms with Crippen molar-refractivity contribution in [2.75, 3.05) is 11.5 Å². The van der Waals surface area contributed by atoms with Crippen LogP contribution in [0.3, 0.4) is 0 Å². The number of hydrogen-bond acceptors (Lipinski definition) is 3. The van der Waals surface area contributed by atoms with Crippen LogP contribution >= 0.6 is 23.5 Å². The molecule has 0 saturated heterocycles. The van der Waals surface area contributed by atoms with Gasteiger partial charge in [-0.3, -0.25) is 0 Å². The maximum atomic E-state index is 11.2. The number of carboxylic acids is 1. The predicted molar refractivity (Wildman–Crippen MR) is 66.2 cm³/mol. The summed E-state index contributed by atoms with van der Waals surface area (Å²) in [5.74, 6) is 0.948. The van der Waals surface area contributed by atoms with E-state index in [2.05, 4.69) is 0 Å². The molecule has 1 aromatic rings. The van der Waals surface area contributed by atoms with Crippen LogP contribution in [0.2, 0.25) is 0 Å². The lowest BCUT2D eigenvalue weighted by atomic mass is 10.2. The average Bonchev–Trinajstić information content (AvgIpc) is 2.18. The third-order valence-electron chi connectivity index (χ3n) is 1.80. The molecule has 0 amide bonds. The molecule has 1 rings (SSSR count). The fourth-order valence-corrected chi connectivity index (χ4v) is 2.99. The summed E-state index contributed by atoms with van der Waals surface area (Å²) < 4.78 is 0. The first-order valence-corrected chi connectivity index (χ1v) is 6.79. The van der Waals surface area contributed by atoms with Crippen molar-refractivity contribution in [2.45, 2.75) is 23.6 Å². The molecular weight excluding hydrogens is 228 g/mol. The summed E-state index contributed by atoms with van der Waals surface area (Å²) in [7, 11) is 0. The van der Waals surface area contributed by atoms with E-state index < -0.39 is 5.97 Å². The molecule has 0 aliphatic rings. The van der Waals surface area contributed by atoms with Crippen molar-refractivity contribution in [3.63, 3.8) is 0 Å². The van der Waals surface area contributed by atoms with Crippen LogP contribution in [0.4, 0.5) is 0 Å². The third-order valence-corrected chi connectivity index (χ3v) is 3.68. The molecule has 0 spiro atoms. The van der Waals surface area contributed by atoms with Crippen molar-refractivity contribution in [1.82, 2.24) is 0 Å². The highest BCUT2D eigenvalue weighted by Crippen LogP contribution is 2.31. The van der Waals surface area contributed by atoms with E-state index in [1.165, 1.54) is 0 Å². The standard InChI is InChI=1S/C11H14O2S2/c1-3-14-8-6-5-7-9(15-4-2)10(8)11(12)13/h5-7H,3-4H2,1-2H3,(H,12,13). The molecule has 15 heavy (non-hydrogen) atoms. The first-order chi connectivity index (χ1) is 7.20. The minimum absolute atomic E-state index is 0.455. The van der Waals surface area contributed by atoms with Crippen LogP contribution in [0, 0.1) is 0 Å². The minimum atomic E-state index is -0.831. The molecule has 0 unspecified atom stereocenters. The largest absolute Gasteiger partial charge is 0.478 e. The smallest absolute Gasteiger partial charge is 0.337 e. The van der Waals surface area contributed by atoms with Gasteiger partial charge in [0.15, 0.2) is 0 Å². The highest BCUT2D eigenvalue weighted by Gasteiger charge is 2.14. The van der Waals surface area contributed by atoms with Crippen LogP contribution in [0.25, 0.3) is 0 Å². The van der Waals surface area contributed by atoms with Gasteiger partial charge < -0.3 is 5.11 Å². The van der Waals surface area contributed by atoms with Crippen molar-refractivity contribution in [1.29, 1.82) is 0 Å². The van der Waals surface area contributed by atoms with E-state index in [9.17, 15) is 9.90 Å². The van der Waals surface area contributed by atoms with E-state index in [1.807, 2.05) is 32.0 Å². The maximum absolute atomic E-state index is 11.2. The van der Waals surface area contributed by atoms with Gasteiger partial charge in [0.25, 0.3) is 0 Å². The number of carbonyl (C=O) groups is 1. The van der Waals surface area contributed by atoms with Gasteiger partial charge in [-0.1, -0.05) is 19.9 Å². The topological polar surface area (TPSA) is 37.3 Å². The molecule has 0 heterocycles. The summed E-state index contributed by atoms with van der Waals surface area (Å²) in [5.41, 5.74) is 0.455. The Morgan fingerprint density at radius 2 is 1.67 bits per heavy atom. The number of hydrogen-bond donors (Lipinski definition) is 1. The second kappa shape index (κ2) is 6.08. The van der Waals surface area contributed by atoms with Gasteiger partial charge in [0.05, 0.1) is 5.56 Å². The molecule has 1 aromatic carbocycles. The molecule has 0 saturated carbocycles. The zero-order chi connectivity index (χ0) is 11.3. The van der Waals surface area contributed by atoms with Gasteiger partial charge in [-0.25, -0.2) is 4.79 Å². The molecule has 0 aromatic heterocycles. The average molecular weight is 242 g/mol. The van der Waals surface area contributed by atoms with Gasteiger partial charge in [-0.05, 0) is 23.6 Å². The lowest BCUT2D eigenvalue weighted by Gasteiger charge is -2.09. The normalized spacial score (nSPS) is 10.3. The quantitative estimate of drug-likeness (QED) is 0.800. The van der Waals surface area contributed by atoms with Gasteiger partial charge in [0, 0.05) is 9.79 Å². The molecule has 1 N–H and O–H groups in total. The lowest BCUT2D eigenvalue weighted by molar-refractivity contribution is 0.0689. The Bertz CT molecular complexity index is 326. The summed E-state index contributed by atoms with van der Waals surface area (Å²) >= 11 is 3.15. The molecule has 82 valence electrons. The molecule has 0 radical (unpaired) electrons. The highest BCUT2D eigenvalue weighted by molar-refractivity contribution is 8.00. The monoisotopic (exact) mass is 242 g/mol. The van der Waals surface area contributed by atoms with Crippen LogP contribution in [-0.4, -0.2) is 22.6 Å². The molecule has 2 nitrogen and oxygen atoms in total. The van der Waals surface area contributed by atoms with Gasteiger partial charge in [0.1, 0.15) is 0 Å². The number of thioether (sulfide) groups is 2. The van der Waals surface area contributed by atoms with Crippen molar-refractivity contribution >= 4 is 29.5 Å². The molecule has 0 aliphatic carbocycles. The summed E-state index contributed by atoms with van der Waals surface area (Å²) in [5, 5.41) is 9.17. The van der Waals surface area contributed by atoms with Crippen molar-refractivity contribution in [3.8, 4) is 0 Å². The fraction of sp³-hybridized carbons (Fsp3) is 0.364. The van der Waals surface area contributed by atoms with E-state index >= 15 is 0 Å². The molecule has 0 aliphatic heterocycles. The zero-order valence-electron chi connectivity index (χ0n) is 8.82. The molecule has 0 atom stereocenters. The zero-order valence-corrected chi connectivity index (χ0v) is 10.5. The van der Waals surface area contributed by atoms with Crippen LogP contribution in [0.15, 0.2) is 28.0 Å². The van der Waals surface area contributed by atoms with E-state index in [0.717, 1.165) is 21.3 Å². The van der Waals surface area contributed by atoms with Crippen LogP contribution in [-0.2, 0) is 0 Å². The Hall–Kier alpha value is -0.610. The molecule has 4 heteroatoms. The number of carboxylic acid groups (broad SMARTS) is 1. The molecular formula is C11H14O2S2. The van der Waals surface area contributed by atoms with Crippen LogP contribution in [0.5, 0.6) is 0 Å². The van der Waals surface area contributed by atoms with Crippen LogP contribution < -0.4 is 0 Å². The summed E-state index contributed by atoms with van der Waals surface area (Å²) in [6.07, 6.45) is 0. The van der Waals surface area contributed by atoms with Crippen molar-refractivity contribution in [2.24, 2.45) is 0 Å². The van der Waals surface area contributed by atoms with Gasteiger partial charge in [-0.2, -0.15) is 0 Å². The van der Waals surface area contributed by atoms with E-state index in [1.54, 1.807) is 23.5 Å². The Kier molecular flexibility index (Phi) is 5.05. The molecule has 0 fully saturated rings. The number of benzene rings is 1. The second-order valence-corrected chi connectivity index (χ2v) is 5.41. The number of rotatable bonds is 5. The van der Waals surface area contributed by atoms with E-state index in [0.29, 0.717) is 5.56 Å². The number of aromatic carboxylic acids is 1. The maximum Gasteiger partial charge on any atom is 0.337 e. The second-order valence-electron chi connectivity index (χ2n) is 2.80. The Labute approximate surface area is 98.5 Å². The van der Waals surface area contributed by atoms with Crippen molar-refractivity contribution < 1.29 is 9.90 Å². The van der Waals surface area contributed by atoms with Gasteiger partial charge in [0.2, 0.25) is 0 Å². The summed E-state index contributed by atoms with van der Waals surface area (Å²) in [4.78, 5) is 12.9. The lowest BCUT2D eigenvalue weighted by Crippen LogP contribution is -2.01. The van der Waals surface area contributed by atoms with Gasteiger partial charge >= 0.3 is 5.97 Å². The first kappa shape index (κ1) is 12.5. The Balaban J connectivity index is 3.15. The van der Waals surface area contributed by atoms with E-state index in [-0.39, 0.29) is 0 Å². The van der Waals surface area contributed by atoms with E-state index in [4.69, 9.17) is 0 Å². The fourth-order valence-electron chi connectivity index (χ4n) is 1.27. The SMILES string of the molecule is CCSc1cccc(SCC)c1C(=O)O. The minimum Gasteiger partial charge on any atom is -0.478 e. The Morgan fingerprint density at radius 3 is 2.00 bits per heavy atom. The summed E-state index contributed by atoms with van der Waals surface area (Å²) in [6, 6.07) is 5.66. The third kappa shape index (κ3) is 3.18. The van der Waals surface area contributed by atoms with Crippen LogP contribution in [0.1, 0.15) is 24.2 Å². The first-order valence-electron chi connectivity index (χ1n) is 4.82. The Morgan fingerprint density at radius 1 is 1.20 bits per heavy atom. The molecule has 0 bridgehead atoms. The van der Waals surface area contributed by atoms with Crippen molar-refractivity contribution in [3.05, 3.63) is 23.8 Å². The highest BCUT2D eigenvalue weighted by atomic mass is 32.2. The predicted octanol–water partition coefficient (Wildman–Crippen LogP) is 3.61. The van der Waals surface area contributed by atoms with Gasteiger partial charge in [-0.15, -0.1) is 23.5 Å². The summed E-state index contributed by atoms with van der Waals surface area (Å²) in [6.45, 7) is 4.05.